The van der Waals surface area contributed by atoms with Gasteiger partial charge in [0.15, 0.2) is 0 Å². The molecule has 0 aromatic rings. The zero-order valence-electron chi connectivity index (χ0n) is 6.57. The van der Waals surface area contributed by atoms with Crippen LogP contribution in [0.2, 0.25) is 0 Å². The van der Waals surface area contributed by atoms with E-state index in [1.807, 2.05) is 4.94 Å². The molecule has 3 nitrogen and oxygen atoms in total. The molecule has 0 N–H and O–H groups in total. The molecule has 0 saturated carbocycles. The van der Waals surface area contributed by atoms with Crippen molar-refractivity contribution in [1.82, 2.24) is 0 Å². The van der Waals surface area contributed by atoms with Gasteiger partial charge >= 0.3 is 12.1 Å². The molecule has 0 aliphatic heterocycles. The van der Waals surface area contributed by atoms with E-state index < -0.39 is 24.4 Å². The molecule has 0 saturated heterocycles. The van der Waals surface area contributed by atoms with Crippen LogP contribution in [0.4, 0.5) is 26.5 Å². The van der Waals surface area contributed by atoms with Crippen LogP contribution in [0.15, 0.2) is 0 Å². The summed E-state index contributed by atoms with van der Waals surface area (Å²) in [5.41, 5.74) is 0. The number of halogens is 6. The molecule has 14 heavy (non-hydrogen) atoms. The molecule has 0 bridgehead atoms. The van der Waals surface area contributed by atoms with Crippen molar-refractivity contribution in [3.8, 4) is 0 Å². The molecule has 0 rings (SSSR count). The highest BCUT2D eigenvalue weighted by Gasteiger charge is 2.53. The Balaban J connectivity index is 4.58. The molecule has 0 spiro atoms. The van der Waals surface area contributed by atoms with Crippen LogP contribution < -0.4 is 0 Å². The molecule has 0 amide bonds. The third-order valence-corrected chi connectivity index (χ3v) is 1.03. The molecule has 84 valence electrons. The smallest absolute Gasteiger partial charge is 0.268 e. The Labute approximate surface area is 73.5 Å². The molecular weight excluding hydrogens is 222 g/mol. The average Bonchev–Trinajstić information content (AvgIpc) is 2.00. The summed E-state index contributed by atoms with van der Waals surface area (Å²) in [7, 11) is 0. The summed E-state index contributed by atoms with van der Waals surface area (Å²) in [4.78, 5) is 11.9. The minimum Gasteiger partial charge on any atom is -0.268 e. The minimum atomic E-state index is -5.12. The van der Waals surface area contributed by atoms with Crippen molar-refractivity contribution in [2.45, 2.75) is 25.3 Å². The van der Waals surface area contributed by atoms with E-state index in [9.17, 15) is 31.3 Å². The predicted octanol–water partition coefficient (Wildman–Crippen LogP) is 1.97. The van der Waals surface area contributed by atoms with Crippen molar-refractivity contribution < 1.29 is 41.0 Å². The second-order valence-electron chi connectivity index (χ2n) is 2.27. The largest absolute Gasteiger partial charge is 0.462 e. The molecule has 0 aromatic heterocycles. The van der Waals surface area contributed by atoms with Crippen molar-refractivity contribution in [2.24, 2.45) is 0 Å². The van der Waals surface area contributed by atoms with E-state index in [-0.39, 0.29) is 6.92 Å². The molecule has 0 fully saturated rings. The van der Waals surface area contributed by atoms with Gasteiger partial charge in [-0.15, -0.1) is 0 Å². The Morgan fingerprint density at radius 3 is 2.00 bits per heavy atom. The van der Waals surface area contributed by atoms with Gasteiger partial charge in [-0.1, -0.05) is 0 Å². The predicted molar refractivity (Wildman–Crippen MR) is 28.7 cm³/mol. The van der Waals surface area contributed by atoms with E-state index in [0.29, 0.717) is 0 Å². The maximum atomic E-state index is 12.4. The van der Waals surface area contributed by atoms with Crippen LogP contribution in [0.1, 0.15) is 6.92 Å². The van der Waals surface area contributed by atoms with Crippen LogP contribution in [0.25, 0.3) is 0 Å². The first kappa shape index (κ1) is 13.0. The fourth-order valence-corrected chi connectivity index (χ4v) is 0.382. The van der Waals surface area contributed by atoms with Crippen LogP contribution in [0.5, 0.6) is 0 Å². The van der Waals surface area contributed by atoms with Gasteiger partial charge in [0, 0.05) is 11.4 Å². The number of hydrogen-bond acceptors (Lipinski definition) is 3. The number of ether oxygens (including phenoxy) is 1. The van der Waals surface area contributed by atoms with E-state index in [0.717, 1.165) is 0 Å². The SMILES string of the molecule is CC(F)(OC(F)(F)C(=O)OF)C(F)F. The van der Waals surface area contributed by atoms with Crippen LogP contribution in [0, 0.1) is 0 Å². The second-order valence-corrected chi connectivity index (χ2v) is 2.27. The average molecular weight is 226 g/mol. The van der Waals surface area contributed by atoms with Crippen molar-refractivity contribution >= 4 is 5.97 Å². The van der Waals surface area contributed by atoms with Gasteiger partial charge in [-0.25, -0.2) is 22.9 Å². The number of rotatable bonds is 4. The number of hydrogen-bond donors (Lipinski definition) is 0. The highest BCUT2D eigenvalue weighted by atomic mass is 19.3. The zero-order chi connectivity index (χ0) is 11.6. The van der Waals surface area contributed by atoms with E-state index >= 15 is 0 Å². The lowest BCUT2D eigenvalue weighted by molar-refractivity contribution is -0.350. The van der Waals surface area contributed by atoms with Crippen LogP contribution in [-0.2, 0) is 14.5 Å². The van der Waals surface area contributed by atoms with Gasteiger partial charge in [0.2, 0.25) is 0 Å². The standard InChI is InChI=1S/C5H4F6O3/c1-4(8,2(6)7)14-5(9,10)3(12)13-11/h2H,1H3. The maximum absolute atomic E-state index is 12.4. The monoisotopic (exact) mass is 226 g/mol. The van der Waals surface area contributed by atoms with Gasteiger partial charge in [0.1, 0.15) is 0 Å². The lowest BCUT2D eigenvalue weighted by atomic mass is 10.4. The molecule has 0 radical (unpaired) electrons. The molecule has 1 atom stereocenters. The molecule has 9 heteroatoms. The summed E-state index contributed by atoms with van der Waals surface area (Å²) in [5.74, 6) is -7.00. The molecule has 0 aliphatic carbocycles. The fraction of sp³-hybridized carbons (Fsp3) is 0.800. The topological polar surface area (TPSA) is 35.5 Å². The van der Waals surface area contributed by atoms with Crippen molar-refractivity contribution in [1.29, 1.82) is 0 Å². The van der Waals surface area contributed by atoms with Crippen LogP contribution in [0.3, 0.4) is 0 Å². The summed E-state index contributed by atoms with van der Waals surface area (Å²) in [5, 5.41) is 0. The van der Waals surface area contributed by atoms with Crippen LogP contribution >= 0.6 is 0 Å². The number of carbonyl (C=O) groups is 1. The second kappa shape index (κ2) is 4.03. The Hall–Kier alpha value is -0.990. The third kappa shape index (κ3) is 3.05. The Kier molecular flexibility index (Phi) is 3.74. The molecule has 1 unspecified atom stereocenters. The zero-order valence-corrected chi connectivity index (χ0v) is 6.57. The lowest BCUT2D eigenvalue weighted by Crippen LogP contribution is -2.44. The first-order chi connectivity index (χ1) is 6.13. The van der Waals surface area contributed by atoms with Gasteiger partial charge in [-0.05, 0) is 0 Å². The summed E-state index contributed by atoms with van der Waals surface area (Å²) < 4.78 is 73.7. The van der Waals surface area contributed by atoms with Crippen molar-refractivity contribution in [3.63, 3.8) is 0 Å². The first-order valence-electron chi connectivity index (χ1n) is 3.01. The Morgan fingerprint density at radius 1 is 1.29 bits per heavy atom. The first-order valence-corrected chi connectivity index (χ1v) is 3.01. The van der Waals surface area contributed by atoms with E-state index in [2.05, 4.69) is 4.74 Å². The third-order valence-electron chi connectivity index (χ3n) is 1.03. The van der Waals surface area contributed by atoms with Gasteiger partial charge in [0.05, 0.1) is 0 Å². The van der Waals surface area contributed by atoms with Gasteiger partial charge < -0.3 is 0 Å². The summed E-state index contributed by atoms with van der Waals surface area (Å²) in [6.07, 6.45) is -9.05. The summed E-state index contributed by atoms with van der Waals surface area (Å²) in [6, 6.07) is 0. The summed E-state index contributed by atoms with van der Waals surface area (Å²) >= 11 is 0. The van der Waals surface area contributed by atoms with E-state index in [1.165, 1.54) is 0 Å². The van der Waals surface area contributed by atoms with Crippen LogP contribution in [-0.4, -0.2) is 24.4 Å². The Bertz CT molecular complexity index is 216. The van der Waals surface area contributed by atoms with Gasteiger partial charge in [-0.3, -0.25) is 4.74 Å². The van der Waals surface area contributed by atoms with Gasteiger partial charge in [0.25, 0.3) is 12.3 Å². The normalized spacial score (nSPS) is 16.6. The summed E-state index contributed by atoms with van der Waals surface area (Å²) in [6.45, 7) is -0.0446. The minimum absolute atomic E-state index is 0.0446. The van der Waals surface area contributed by atoms with Crippen molar-refractivity contribution in [3.05, 3.63) is 0 Å². The Morgan fingerprint density at radius 2 is 1.71 bits per heavy atom. The molecule has 0 aliphatic rings. The van der Waals surface area contributed by atoms with Gasteiger partial charge in [-0.2, -0.15) is 8.78 Å². The number of carbonyl (C=O) groups excluding carboxylic acids is 1. The fourth-order valence-electron chi connectivity index (χ4n) is 0.382. The highest BCUT2D eigenvalue weighted by Crippen LogP contribution is 2.30. The maximum Gasteiger partial charge on any atom is 0.462 e. The lowest BCUT2D eigenvalue weighted by Gasteiger charge is -2.23. The molecule has 0 heterocycles. The quantitative estimate of drug-likeness (QED) is 0.687. The van der Waals surface area contributed by atoms with E-state index in [1.54, 1.807) is 0 Å². The highest BCUT2D eigenvalue weighted by molar-refractivity contribution is 5.75. The van der Waals surface area contributed by atoms with Crippen molar-refractivity contribution in [2.75, 3.05) is 0 Å². The molecule has 0 aromatic carbocycles. The van der Waals surface area contributed by atoms with E-state index in [4.69, 9.17) is 0 Å². The number of alkyl halides is 5. The molecular formula is C5H4F6O3.